The van der Waals surface area contributed by atoms with E-state index in [4.69, 9.17) is 24.4 Å². The highest BCUT2D eigenvalue weighted by Gasteiger charge is 2.37. The highest BCUT2D eigenvalue weighted by molar-refractivity contribution is 7.13. The number of amides is 4. The maximum Gasteiger partial charge on any atom is 0.324 e. The van der Waals surface area contributed by atoms with Crippen molar-refractivity contribution in [3.63, 3.8) is 0 Å². The second-order valence-electron chi connectivity index (χ2n) is 17.8. The number of rotatable bonds is 10. The summed E-state index contributed by atoms with van der Waals surface area (Å²) >= 11 is 1.42. The van der Waals surface area contributed by atoms with Gasteiger partial charge in [-0.05, 0) is 81.7 Å². The summed E-state index contributed by atoms with van der Waals surface area (Å²) in [4.78, 5) is 81.9. The van der Waals surface area contributed by atoms with Crippen molar-refractivity contribution in [3.8, 4) is 22.0 Å². The van der Waals surface area contributed by atoms with Gasteiger partial charge in [0.25, 0.3) is 5.91 Å². The van der Waals surface area contributed by atoms with Gasteiger partial charge in [0, 0.05) is 74.7 Å². The molecule has 2 saturated heterocycles. The molecule has 4 amide bonds. The Balaban J connectivity index is 0.000000673. The van der Waals surface area contributed by atoms with Crippen LogP contribution in [0.3, 0.4) is 0 Å². The van der Waals surface area contributed by atoms with Gasteiger partial charge in [0.05, 0.1) is 47.2 Å². The first-order valence-corrected chi connectivity index (χ1v) is 23.1. The molecule has 3 unspecified atom stereocenters. The fourth-order valence-electron chi connectivity index (χ4n) is 8.78. The van der Waals surface area contributed by atoms with Crippen LogP contribution < -0.4 is 10.7 Å². The number of esters is 1. The number of fused-ring (bicyclic) bond motifs is 6. The molecular weight excluding hydrogens is 835 g/mol. The zero-order chi connectivity index (χ0) is 46.3. The Kier molecular flexibility index (Phi) is 15.7. The number of methoxy groups -OCH3 is 1. The molecule has 16 nitrogen and oxygen atoms in total. The first-order valence-electron chi connectivity index (χ1n) is 22.2. The third-order valence-corrected chi connectivity index (χ3v) is 13.0. The number of thiazole rings is 1. The number of likely N-dealkylation sites (tertiary alicyclic amines) is 1. The second-order valence-corrected chi connectivity index (χ2v) is 18.7. The molecule has 344 valence electrons. The number of hydrogen-bond donors (Lipinski definition) is 2. The molecule has 0 radical (unpaired) electrons. The fourth-order valence-corrected chi connectivity index (χ4v) is 9.58. The number of nitrogens with zero attached hydrogens (tertiary/aromatic N) is 7. The summed E-state index contributed by atoms with van der Waals surface area (Å²) in [7, 11) is 3.22. The average Bonchev–Trinajstić information content (AvgIpc) is 4.07. The van der Waals surface area contributed by atoms with Crippen LogP contribution in [0.2, 0.25) is 0 Å². The van der Waals surface area contributed by atoms with Crippen molar-refractivity contribution in [2.75, 3.05) is 40.4 Å². The summed E-state index contributed by atoms with van der Waals surface area (Å²) < 4.78 is 14.1. The van der Waals surface area contributed by atoms with E-state index in [9.17, 15) is 24.0 Å². The molecule has 17 heteroatoms. The van der Waals surface area contributed by atoms with Crippen LogP contribution in [0.4, 0.5) is 0 Å². The summed E-state index contributed by atoms with van der Waals surface area (Å²) in [5, 5.41) is 7.88. The second kappa shape index (κ2) is 21.0. The first-order chi connectivity index (χ1) is 30.6. The number of pyridine rings is 2. The fraction of sp³-hybridized carbons (Fsp3) is 0.532. The van der Waals surface area contributed by atoms with Crippen LogP contribution in [0.15, 0.2) is 48.6 Å². The molecule has 2 fully saturated rings. The SMILES string of the molecule is C=CC(=O)N1CCCC1.CCn1c(-c2cccnc2C(C)OC)c2c3cc(ncc31)-c1nc(cs1)CC(NC(=O)C(C(C)C)N(C)C=O)C(=O)N1CCC[C@H](N1)C(=O)OCC(C)(C)C2. The zero-order valence-corrected chi connectivity index (χ0v) is 39.2. The molecule has 2 N–H and O–H groups in total. The van der Waals surface area contributed by atoms with Crippen LogP contribution >= 0.6 is 11.3 Å². The summed E-state index contributed by atoms with van der Waals surface area (Å²) in [5.74, 6) is -1.45. The molecule has 3 aliphatic rings. The standard InChI is InChI=1S/C40H52N8O6S.C7H11NO/c1-9-47-32-19-42-30-17-27(32)28(35(47)26-12-10-14-41-33(26)24(4)53-8)18-40(5,6)21-54-39(52)29-13-11-15-48(45-29)38(51)31(16-25-20-55-37(30)43-25)44-36(50)34(23(2)3)46(7)22-49;1-2-7(9)8-5-3-4-6-8/h10,12,14,17,19-20,22-24,29,31,34,45H,9,11,13,15-16,18,21H2,1-8H3,(H,44,50);2H,1,3-6H2/t24?,29-,31?,34?;/m0./s1. The van der Waals surface area contributed by atoms with Crippen molar-refractivity contribution < 1.29 is 33.4 Å². The Hall–Kier alpha value is -5.52. The molecule has 64 heavy (non-hydrogen) atoms. The lowest BCUT2D eigenvalue weighted by Crippen LogP contribution is -2.62. The van der Waals surface area contributed by atoms with Crippen molar-refractivity contribution >= 4 is 52.3 Å². The van der Waals surface area contributed by atoms with Crippen molar-refractivity contribution in [1.82, 2.24) is 45.1 Å². The monoisotopic (exact) mass is 897 g/mol. The van der Waals surface area contributed by atoms with E-state index < -0.39 is 41.3 Å². The van der Waals surface area contributed by atoms with Crippen molar-refractivity contribution in [1.29, 1.82) is 0 Å². The molecule has 0 aliphatic carbocycles. The number of hydrazine groups is 1. The Morgan fingerprint density at radius 2 is 1.91 bits per heavy atom. The van der Waals surface area contributed by atoms with E-state index >= 15 is 0 Å². The van der Waals surface area contributed by atoms with Crippen LogP contribution in [0.1, 0.15) is 90.3 Å². The molecule has 7 heterocycles. The molecule has 0 saturated carbocycles. The molecule has 6 bridgehead atoms. The van der Waals surface area contributed by atoms with Crippen LogP contribution in [0.25, 0.3) is 32.9 Å². The Bertz CT molecular complexity index is 2340. The summed E-state index contributed by atoms with van der Waals surface area (Å²) in [6, 6.07) is 3.50. The number of hydrogen-bond acceptors (Lipinski definition) is 12. The van der Waals surface area contributed by atoms with E-state index in [0.29, 0.717) is 55.2 Å². The lowest BCUT2D eigenvalue weighted by Gasteiger charge is -2.36. The maximum atomic E-state index is 14.2. The molecule has 4 atom stereocenters. The number of aromatic nitrogens is 4. The Labute approximate surface area is 379 Å². The molecule has 3 aliphatic heterocycles. The summed E-state index contributed by atoms with van der Waals surface area (Å²) in [5.41, 5.74) is 8.69. The third kappa shape index (κ3) is 10.7. The van der Waals surface area contributed by atoms with Crippen molar-refractivity contribution in [2.45, 2.75) is 111 Å². The smallest absolute Gasteiger partial charge is 0.324 e. The topological polar surface area (TPSA) is 181 Å². The molecule has 7 rings (SSSR count). The normalized spacial score (nSPS) is 19.8. The van der Waals surface area contributed by atoms with Gasteiger partial charge in [0.1, 0.15) is 23.1 Å². The number of aryl methyl sites for hydroxylation is 1. The van der Waals surface area contributed by atoms with Crippen LogP contribution in [-0.2, 0) is 52.8 Å². The van der Waals surface area contributed by atoms with E-state index in [1.54, 1.807) is 20.4 Å². The average molecular weight is 898 g/mol. The quantitative estimate of drug-likeness (QED) is 0.117. The number of likely N-dealkylation sites (N-methyl/N-ethyl adjacent to an activating group) is 1. The van der Waals surface area contributed by atoms with Crippen LogP contribution in [-0.4, -0.2) is 123 Å². The molecule has 4 aromatic heterocycles. The van der Waals surface area contributed by atoms with E-state index in [-0.39, 0.29) is 31.0 Å². The highest BCUT2D eigenvalue weighted by atomic mass is 32.1. The van der Waals surface area contributed by atoms with Gasteiger partial charge in [-0.1, -0.05) is 34.3 Å². The number of nitrogens with one attached hydrogen (secondary N) is 2. The van der Waals surface area contributed by atoms with Crippen molar-refractivity contribution in [3.05, 3.63) is 65.6 Å². The van der Waals surface area contributed by atoms with Crippen LogP contribution in [0, 0.1) is 11.3 Å². The minimum atomic E-state index is -1.03. The van der Waals surface area contributed by atoms with Gasteiger partial charge in [-0.3, -0.25) is 38.9 Å². The predicted octanol–water partition coefficient (Wildman–Crippen LogP) is 5.51. The number of carbonyl (C=O) groups is 5. The van der Waals surface area contributed by atoms with E-state index in [1.165, 1.54) is 27.3 Å². The first kappa shape index (κ1) is 47.9. The van der Waals surface area contributed by atoms with E-state index in [0.717, 1.165) is 59.3 Å². The van der Waals surface area contributed by atoms with Gasteiger partial charge in [-0.15, -0.1) is 11.3 Å². The number of carbonyl (C=O) groups excluding carboxylic acids is 5. The third-order valence-electron chi connectivity index (χ3n) is 12.1. The molecule has 4 aromatic rings. The minimum absolute atomic E-state index is 0.0764. The maximum absolute atomic E-state index is 14.2. The summed E-state index contributed by atoms with van der Waals surface area (Å²) in [6.45, 7) is 18.3. The van der Waals surface area contributed by atoms with Gasteiger partial charge >= 0.3 is 5.97 Å². The lowest BCUT2D eigenvalue weighted by atomic mass is 9.84. The predicted molar refractivity (Wildman–Crippen MR) is 246 cm³/mol. The summed E-state index contributed by atoms with van der Waals surface area (Å²) in [6.07, 6.45) is 9.40. The zero-order valence-electron chi connectivity index (χ0n) is 38.4. The van der Waals surface area contributed by atoms with Crippen LogP contribution in [0.5, 0.6) is 0 Å². The van der Waals surface area contributed by atoms with Gasteiger partial charge < -0.3 is 29.2 Å². The van der Waals surface area contributed by atoms with Gasteiger partial charge in [0.2, 0.25) is 18.2 Å². The van der Waals surface area contributed by atoms with Gasteiger partial charge in [-0.25, -0.2) is 10.4 Å². The van der Waals surface area contributed by atoms with Crippen molar-refractivity contribution in [2.24, 2.45) is 11.3 Å². The van der Waals surface area contributed by atoms with Gasteiger partial charge in [-0.2, -0.15) is 0 Å². The van der Waals surface area contributed by atoms with E-state index in [1.807, 2.05) is 43.3 Å². The Morgan fingerprint density at radius 1 is 1.16 bits per heavy atom. The highest BCUT2D eigenvalue weighted by Crippen LogP contribution is 2.41. The molecule has 0 aromatic carbocycles. The van der Waals surface area contributed by atoms with E-state index in [2.05, 4.69) is 54.8 Å². The molecule has 0 spiro atoms. The minimum Gasteiger partial charge on any atom is -0.464 e. The Morgan fingerprint density at radius 3 is 2.58 bits per heavy atom. The largest absolute Gasteiger partial charge is 0.464 e. The number of cyclic esters (lactones) is 1. The van der Waals surface area contributed by atoms with Gasteiger partial charge in [0.15, 0.2) is 0 Å². The number of ether oxygens (including phenoxy) is 2. The lowest BCUT2D eigenvalue weighted by molar-refractivity contribution is -0.155. The molecular formula is C47H63N9O7S.